The van der Waals surface area contributed by atoms with Crippen LogP contribution in [0.1, 0.15) is 42.3 Å². The molecule has 29 heavy (non-hydrogen) atoms. The van der Waals surface area contributed by atoms with Gasteiger partial charge in [0.15, 0.2) is 0 Å². The third kappa shape index (κ3) is 7.29. The van der Waals surface area contributed by atoms with E-state index in [-0.39, 0.29) is 23.9 Å². The summed E-state index contributed by atoms with van der Waals surface area (Å²) in [7, 11) is 0. The van der Waals surface area contributed by atoms with Crippen molar-refractivity contribution >= 4 is 23.5 Å². The Morgan fingerprint density at radius 3 is 2.24 bits per heavy atom. The maximum Gasteiger partial charge on any atom is 0.319 e. The van der Waals surface area contributed by atoms with Gasteiger partial charge in [-0.25, -0.2) is 4.79 Å². The highest BCUT2D eigenvalue weighted by Gasteiger charge is 2.16. The quantitative estimate of drug-likeness (QED) is 0.579. The van der Waals surface area contributed by atoms with Gasteiger partial charge in [-0.1, -0.05) is 29.8 Å². The molecule has 154 valence electrons. The molecule has 0 bridgehead atoms. The van der Waals surface area contributed by atoms with E-state index in [9.17, 15) is 14.4 Å². The third-order valence-electron chi connectivity index (χ3n) is 4.12. The van der Waals surface area contributed by atoms with Crippen molar-refractivity contribution in [3.05, 3.63) is 65.2 Å². The number of rotatable bonds is 7. The van der Waals surface area contributed by atoms with Crippen LogP contribution in [-0.2, 0) is 11.3 Å². The largest absolute Gasteiger partial charge is 0.350 e. The molecule has 0 saturated heterocycles. The van der Waals surface area contributed by atoms with E-state index in [1.807, 2.05) is 39.0 Å². The Hall–Kier alpha value is -3.35. The van der Waals surface area contributed by atoms with Gasteiger partial charge in [0.25, 0.3) is 5.91 Å². The van der Waals surface area contributed by atoms with Gasteiger partial charge in [0.1, 0.15) is 6.04 Å². The van der Waals surface area contributed by atoms with E-state index in [0.29, 0.717) is 17.8 Å². The maximum atomic E-state index is 12.3. The van der Waals surface area contributed by atoms with Crippen LogP contribution < -0.4 is 21.3 Å². The van der Waals surface area contributed by atoms with Crippen LogP contribution in [-0.4, -0.2) is 29.9 Å². The Balaban J connectivity index is 1.82. The van der Waals surface area contributed by atoms with Crippen molar-refractivity contribution in [3.8, 4) is 0 Å². The van der Waals surface area contributed by atoms with Crippen LogP contribution in [0.3, 0.4) is 0 Å². The molecule has 2 aromatic carbocycles. The number of hydrogen-bond acceptors (Lipinski definition) is 3. The van der Waals surface area contributed by atoms with Crippen LogP contribution in [0.15, 0.2) is 48.5 Å². The standard InChI is InChI=1S/C22H28N4O3/c1-14(2)24-22(29)26-19-10-8-17(9-11-19)13-23-20(27)16(4)25-21(28)18-7-5-6-15(3)12-18/h5-12,14,16H,13H2,1-4H3,(H,23,27)(H,25,28)(H2,24,26,29)/t16-/m0/s1. The minimum absolute atomic E-state index is 0.0536. The summed E-state index contributed by atoms with van der Waals surface area (Å²) in [6.07, 6.45) is 0. The fraction of sp³-hybridized carbons (Fsp3) is 0.318. The van der Waals surface area contributed by atoms with Crippen LogP contribution >= 0.6 is 0 Å². The van der Waals surface area contributed by atoms with E-state index in [1.54, 1.807) is 37.3 Å². The van der Waals surface area contributed by atoms with Gasteiger partial charge in [0, 0.05) is 23.8 Å². The number of anilines is 1. The molecule has 0 fully saturated rings. The van der Waals surface area contributed by atoms with Crippen LogP contribution in [0.5, 0.6) is 0 Å². The first-order valence-corrected chi connectivity index (χ1v) is 9.56. The predicted octanol–water partition coefficient (Wildman–Crippen LogP) is 2.96. The van der Waals surface area contributed by atoms with Crippen molar-refractivity contribution in [1.29, 1.82) is 0 Å². The summed E-state index contributed by atoms with van der Waals surface area (Å²) in [5.41, 5.74) is 3.05. The Labute approximate surface area is 171 Å². The van der Waals surface area contributed by atoms with Crippen LogP contribution in [0, 0.1) is 6.92 Å². The number of urea groups is 1. The molecule has 0 aliphatic rings. The fourth-order valence-electron chi connectivity index (χ4n) is 2.61. The lowest BCUT2D eigenvalue weighted by Gasteiger charge is -2.15. The summed E-state index contributed by atoms with van der Waals surface area (Å²) in [4.78, 5) is 36.2. The molecule has 2 aromatic rings. The molecule has 0 radical (unpaired) electrons. The molecule has 0 unspecified atom stereocenters. The predicted molar refractivity (Wildman–Crippen MR) is 114 cm³/mol. The topological polar surface area (TPSA) is 99.3 Å². The second-order valence-electron chi connectivity index (χ2n) is 7.23. The number of carbonyl (C=O) groups is 3. The molecule has 0 aromatic heterocycles. The summed E-state index contributed by atoms with van der Waals surface area (Å²) in [6, 6.07) is 13.5. The average Bonchev–Trinajstić information content (AvgIpc) is 2.66. The summed E-state index contributed by atoms with van der Waals surface area (Å²) in [6.45, 7) is 7.64. The lowest BCUT2D eigenvalue weighted by molar-refractivity contribution is -0.122. The van der Waals surface area contributed by atoms with Crippen molar-refractivity contribution in [2.75, 3.05) is 5.32 Å². The number of carbonyl (C=O) groups excluding carboxylic acids is 3. The lowest BCUT2D eigenvalue weighted by Crippen LogP contribution is -2.44. The lowest BCUT2D eigenvalue weighted by atomic mass is 10.1. The second-order valence-corrected chi connectivity index (χ2v) is 7.23. The van der Waals surface area contributed by atoms with Gasteiger partial charge < -0.3 is 21.3 Å². The van der Waals surface area contributed by atoms with Gasteiger partial charge in [-0.2, -0.15) is 0 Å². The number of nitrogens with one attached hydrogen (secondary N) is 4. The fourth-order valence-corrected chi connectivity index (χ4v) is 2.61. The van der Waals surface area contributed by atoms with Gasteiger partial charge in [-0.15, -0.1) is 0 Å². The molecule has 0 spiro atoms. The van der Waals surface area contributed by atoms with E-state index in [4.69, 9.17) is 0 Å². The van der Waals surface area contributed by atoms with Gasteiger partial charge in [-0.3, -0.25) is 9.59 Å². The van der Waals surface area contributed by atoms with E-state index in [0.717, 1.165) is 11.1 Å². The average molecular weight is 396 g/mol. The van der Waals surface area contributed by atoms with Crippen molar-refractivity contribution in [3.63, 3.8) is 0 Å². The Morgan fingerprint density at radius 1 is 0.931 bits per heavy atom. The molecule has 0 aliphatic carbocycles. The third-order valence-corrected chi connectivity index (χ3v) is 4.12. The molecule has 2 rings (SSSR count). The van der Waals surface area contributed by atoms with Crippen molar-refractivity contribution in [1.82, 2.24) is 16.0 Å². The molecular formula is C22H28N4O3. The highest BCUT2D eigenvalue weighted by atomic mass is 16.2. The number of hydrogen-bond donors (Lipinski definition) is 4. The Morgan fingerprint density at radius 2 is 1.62 bits per heavy atom. The Bertz CT molecular complexity index is 863. The first kappa shape index (κ1) is 21.9. The van der Waals surface area contributed by atoms with E-state index in [1.165, 1.54) is 0 Å². The minimum Gasteiger partial charge on any atom is -0.350 e. The van der Waals surface area contributed by atoms with Crippen LogP contribution in [0.25, 0.3) is 0 Å². The summed E-state index contributed by atoms with van der Waals surface area (Å²) in [5, 5.41) is 11.0. The molecule has 4 amide bonds. The number of benzene rings is 2. The first-order chi connectivity index (χ1) is 13.7. The summed E-state index contributed by atoms with van der Waals surface area (Å²) < 4.78 is 0. The van der Waals surface area contributed by atoms with Crippen molar-refractivity contribution < 1.29 is 14.4 Å². The molecule has 0 saturated carbocycles. The SMILES string of the molecule is Cc1cccc(C(=O)N[C@@H](C)C(=O)NCc2ccc(NC(=O)NC(C)C)cc2)c1. The first-order valence-electron chi connectivity index (χ1n) is 9.56. The van der Waals surface area contributed by atoms with Gasteiger partial charge >= 0.3 is 6.03 Å². The smallest absolute Gasteiger partial charge is 0.319 e. The van der Waals surface area contributed by atoms with Gasteiger partial charge in [-0.05, 0) is 57.5 Å². The van der Waals surface area contributed by atoms with E-state index >= 15 is 0 Å². The van der Waals surface area contributed by atoms with Gasteiger partial charge in [0.2, 0.25) is 5.91 Å². The highest BCUT2D eigenvalue weighted by Crippen LogP contribution is 2.09. The molecular weight excluding hydrogens is 368 g/mol. The molecule has 1 atom stereocenters. The minimum atomic E-state index is -0.663. The maximum absolute atomic E-state index is 12.3. The summed E-state index contributed by atoms with van der Waals surface area (Å²) >= 11 is 0. The molecule has 4 N–H and O–H groups in total. The molecule has 0 heterocycles. The van der Waals surface area contributed by atoms with Crippen LogP contribution in [0.4, 0.5) is 10.5 Å². The van der Waals surface area contributed by atoms with E-state index in [2.05, 4.69) is 21.3 Å². The zero-order valence-corrected chi connectivity index (χ0v) is 17.2. The van der Waals surface area contributed by atoms with Crippen LogP contribution in [0.2, 0.25) is 0 Å². The highest BCUT2D eigenvalue weighted by molar-refractivity contribution is 5.97. The van der Waals surface area contributed by atoms with E-state index < -0.39 is 6.04 Å². The summed E-state index contributed by atoms with van der Waals surface area (Å²) in [5.74, 6) is -0.559. The number of aryl methyl sites for hydroxylation is 1. The zero-order chi connectivity index (χ0) is 21.4. The Kier molecular flexibility index (Phi) is 7.77. The van der Waals surface area contributed by atoms with Gasteiger partial charge in [0.05, 0.1) is 0 Å². The zero-order valence-electron chi connectivity index (χ0n) is 17.2. The van der Waals surface area contributed by atoms with Crippen molar-refractivity contribution in [2.24, 2.45) is 0 Å². The van der Waals surface area contributed by atoms with Crippen molar-refractivity contribution in [2.45, 2.75) is 46.3 Å². The monoisotopic (exact) mass is 396 g/mol. The number of amides is 4. The molecule has 7 nitrogen and oxygen atoms in total. The normalized spacial score (nSPS) is 11.5. The molecule has 7 heteroatoms. The second kappa shape index (κ2) is 10.3. The molecule has 0 aliphatic heterocycles.